The van der Waals surface area contributed by atoms with Gasteiger partial charge in [-0.3, -0.25) is 4.79 Å². The van der Waals surface area contributed by atoms with Gasteiger partial charge in [-0.2, -0.15) is 0 Å². The molecule has 5 rings (SSSR count). The molecule has 4 fully saturated rings. The zero-order valence-corrected chi connectivity index (χ0v) is 10.1. The molecular formula is C15H19NO. The second kappa shape index (κ2) is 3.24. The summed E-state index contributed by atoms with van der Waals surface area (Å²) in [6.45, 7) is 0. The minimum absolute atomic E-state index is 0.131. The Morgan fingerprint density at radius 2 is 1.41 bits per heavy atom. The summed E-state index contributed by atoms with van der Waals surface area (Å²) in [6.07, 6.45) is 12.5. The van der Waals surface area contributed by atoms with Gasteiger partial charge < -0.3 is 4.57 Å². The number of pyridine rings is 1. The topological polar surface area (TPSA) is 22.0 Å². The lowest BCUT2D eigenvalue weighted by Crippen LogP contribution is -2.51. The highest BCUT2D eigenvalue weighted by atomic mass is 16.1. The maximum Gasteiger partial charge on any atom is 0.181 e. The molecule has 4 bridgehead atoms. The van der Waals surface area contributed by atoms with Crippen LogP contribution in [0, 0.1) is 17.8 Å². The number of rotatable bonds is 1. The van der Waals surface area contributed by atoms with Gasteiger partial charge in [-0.25, -0.2) is 0 Å². The Balaban J connectivity index is 1.77. The van der Waals surface area contributed by atoms with E-state index in [9.17, 15) is 4.79 Å². The van der Waals surface area contributed by atoms with Crippen LogP contribution in [-0.2, 0) is 5.54 Å². The van der Waals surface area contributed by atoms with Gasteiger partial charge in [0, 0.05) is 30.1 Å². The first kappa shape index (κ1) is 9.93. The monoisotopic (exact) mass is 229 g/mol. The van der Waals surface area contributed by atoms with Crippen molar-refractivity contribution in [3.8, 4) is 0 Å². The molecule has 2 nitrogen and oxygen atoms in total. The molecule has 0 atom stereocenters. The smallest absolute Gasteiger partial charge is 0.181 e. The predicted octanol–water partition coefficient (Wildman–Crippen LogP) is 2.77. The average Bonchev–Trinajstić information content (AvgIpc) is 2.27. The molecule has 0 radical (unpaired) electrons. The molecule has 17 heavy (non-hydrogen) atoms. The molecule has 0 saturated heterocycles. The Morgan fingerprint density at radius 3 is 1.88 bits per heavy atom. The van der Waals surface area contributed by atoms with E-state index in [1.165, 1.54) is 38.5 Å². The molecule has 0 aliphatic heterocycles. The molecule has 1 heterocycles. The summed E-state index contributed by atoms with van der Waals surface area (Å²) >= 11 is 0. The maximum atomic E-state index is 11.2. The summed E-state index contributed by atoms with van der Waals surface area (Å²) in [7, 11) is 0. The standard InChI is InChI=1S/C15H19NO/c17-14-1-3-16(4-2-14)15-8-11-5-12(9-15)7-13(6-11)10-15/h1-4,11-13H,5-10H2. The van der Waals surface area contributed by atoms with Crippen LogP contribution in [0.15, 0.2) is 29.3 Å². The number of nitrogens with zero attached hydrogens (tertiary/aromatic N) is 1. The molecule has 1 aromatic heterocycles. The number of aromatic nitrogens is 1. The van der Waals surface area contributed by atoms with Crippen molar-refractivity contribution in [2.45, 2.75) is 44.1 Å². The van der Waals surface area contributed by atoms with Gasteiger partial charge in [0.25, 0.3) is 0 Å². The van der Waals surface area contributed by atoms with Gasteiger partial charge >= 0.3 is 0 Å². The van der Waals surface area contributed by atoms with E-state index in [1.807, 2.05) is 12.4 Å². The summed E-state index contributed by atoms with van der Waals surface area (Å²) in [4.78, 5) is 11.2. The van der Waals surface area contributed by atoms with E-state index in [2.05, 4.69) is 4.57 Å². The van der Waals surface area contributed by atoms with Crippen molar-refractivity contribution in [2.75, 3.05) is 0 Å². The summed E-state index contributed by atoms with van der Waals surface area (Å²) in [5, 5.41) is 0. The first-order chi connectivity index (χ1) is 8.23. The fourth-order valence-electron chi connectivity index (χ4n) is 5.11. The first-order valence-corrected chi connectivity index (χ1v) is 6.92. The Bertz CT molecular complexity index is 446. The normalized spacial score (nSPS) is 42.9. The lowest BCUT2D eigenvalue weighted by molar-refractivity contribution is -0.0433. The fraction of sp³-hybridized carbons (Fsp3) is 0.667. The van der Waals surface area contributed by atoms with E-state index in [0.29, 0.717) is 5.54 Å². The Labute approximate surface area is 102 Å². The highest BCUT2D eigenvalue weighted by Crippen LogP contribution is 2.58. The molecular weight excluding hydrogens is 210 g/mol. The van der Waals surface area contributed by atoms with Gasteiger partial charge in [-0.05, 0) is 56.3 Å². The van der Waals surface area contributed by atoms with Crippen molar-refractivity contribution >= 4 is 0 Å². The van der Waals surface area contributed by atoms with Gasteiger partial charge in [0.2, 0.25) is 0 Å². The van der Waals surface area contributed by atoms with Crippen molar-refractivity contribution < 1.29 is 0 Å². The van der Waals surface area contributed by atoms with Gasteiger partial charge in [-0.15, -0.1) is 0 Å². The van der Waals surface area contributed by atoms with E-state index in [0.717, 1.165) is 17.8 Å². The molecule has 0 unspecified atom stereocenters. The van der Waals surface area contributed by atoms with Crippen LogP contribution in [-0.4, -0.2) is 4.57 Å². The third-order valence-corrected chi connectivity index (χ3v) is 5.35. The molecule has 90 valence electrons. The average molecular weight is 229 g/mol. The Kier molecular flexibility index (Phi) is 1.89. The van der Waals surface area contributed by atoms with Crippen LogP contribution in [0.2, 0.25) is 0 Å². The molecule has 0 amide bonds. The third-order valence-electron chi connectivity index (χ3n) is 5.35. The Morgan fingerprint density at radius 1 is 0.941 bits per heavy atom. The molecule has 4 aliphatic rings. The van der Waals surface area contributed by atoms with Crippen molar-refractivity contribution in [3.05, 3.63) is 34.7 Å². The summed E-state index contributed by atoms with van der Waals surface area (Å²) < 4.78 is 2.36. The first-order valence-electron chi connectivity index (χ1n) is 6.92. The SMILES string of the molecule is O=c1ccn(C23CC4CC(CC(C4)C2)C3)cc1. The van der Waals surface area contributed by atoms with Crippen molar-refractivity contribution in [1.29, 1.82) is 0 Å². The Hall–Kier alpha value is -1.05. The molecule has 1 aromatic rings. The van der Waals surface area contributed by atoms with E-state index in [4.69, 9.17) is 0 Å². The second-order valence-electron chi connectivity index (χ2n) is 6.58. The summed E-state index contributed by atoms with van der Waals surface area (Å²) in [5.41, 5.74) is 0.494. The van der Waals surface area contributed by atoms with Crippen molar-refractivity contribution in [3.63, 3.8) is 0 Å². The molecule has 2 heteroatoms. The summed E-state index contributed by atoms with van der Waals surface area (Å²) in [5.74, 6) is 2.88. The molecule has 0 spiro atoms. The number of hydrogen-bond acceptors (Lipinski definition) is 1. The van der Waals surface area contributed by atoms with Crippen LogP contribution in [0.5, 0.6) is 0 Å². The van der Waals surface area contributed by atoms with Gasteiger partial charge in [-0.1, -0.05) is 0 Å². The zero-order chi connectivity index (χ0) is 11.5. The molecule has 4 saturated carbocycles. The lowest BCUT2D eigenvalue weighted by atomic mass is 9.53. The van der Waals surface area contributed by atoms with Crippen molar-refractivity contribution in [1.82, 2.24) is 4.57 Å². The molecule has 0 N–H and O–H groups in total. The van der Waals surface area contributed by atoms with E-state index >= 15 is 0 Å². The summed E-state index contributed by atoms with van der Waals surface area (Å²) in [6, 6.07) is 3.44. The minimum atomic E-state index is 0.131. The van der Waals surface area contributed by atoms with E-state index in [-0.39, 0.29) is 5.43 Å². The highest BCUT2D eigenvalue weighted by Gasteiger charge is 2.51. The van der Waals surface area contributed by atoms with Crippen LogP contribution >= 0.6 is 0 Å². The van der Waals surface area contributed by atoms with Crippen LogP contribution in [0.1, 0.15) is 38.5 Å². The highest BCUT2D eigenvalue weighted by molar-refractivity contribution is 5.08. The number of hydrogen-bond donors (Lipinski definition) is 0. The third kappa shape index (κ3) is 1.42. The maximum absolute atomic E-state index is 11.2. The van der Waals surface area contributed by atoms with Crippen LogP contribution in [0.4, 0.5) is 0 Å². The largest absolute Gasteiger partial charge is 0.348 e. The predicted molar refractivity (Wildman–Crippen MR) is 66.8 cm³/mol. The minimum Gasteiger partial charge on any atom is -0.348 e. The second-order valence-corrected chi connectivity index (χ2v) is 6.58. The van der Waals surface area contributed by atoms with Gasteiger partial charge in [0.15, 0.2) is 5.43 Å². The van der Waals surface area contributed by atoms with Gasteiger partial charge in [0.1, 0.15) is 0 Å². The zero-order valence-electron chi connectivity index (χ0n) is 10.1. The van der Waals surface area contributed by atoms with Crippen LogP contribution in [0.3, 0.4) is 0 Å². The van der Waals surface area contributed by atoms with Crippen LogP contribution in [0.25, 0.3) is 0 Å². The quantitative estimate of drug-likeness (QED) is 0.725. The molecule has 4 aliphatic carbocycles. The van der Waals surface area contributed by atoms with E-state index in [1.54, 1.807) is 12.1 Å². The van der Waals surface area contributed by atoms with Gasteiger partial charge in [0.05, 0.1) is 0 Å². The van der Waals surface area contributed by atoms with Crippen molar-refractivity contribution in [2.24, 2.45) is 17.8 Å². The van der Waals surface area contributed by atoms with Crippen LogP contribution < -0.4 is 5.43 Å². The molecule has 0 aromatic carbocycles. The van der Waals surface area contributed by atoms with E-state index < -0.39 is 0 Å². The fourth-order valence-corrected chi connectivity index (χ4v) is 5.11. The lowest BCUT2D eigenvalue weighted by Gasteiger charge is -2.57.